The Hall–Kier alpha value is -1.04. The van der Waals surface area contributed by atoms with Crippen molar-refractivity contribution in [3.05, 3.63) is 0 Å². The van der Waals surface area contributed by atoms with Crippen LogP contribution in [-0.2, 0) is 4.79 Å². The third kappa shape index (κ3) is 3.08. The van der Waals surface area contributed by atoms with Gasteiger partial charge in [0.15, 0.2) is 0 Å². The number of carbonyl (C=O) groups excluding carboxylic acids is 1. The molecule has 1 unspecified atom stereocenters. The van der Waals surface area contributed by atoms with Gasteiger partial charge in [-0.25, -0.2) is 0 Å². The molecule has 0 aliphatic carbocycles. The maximum Gasteiger partial charge on any atom is 0.223 e. The molecule has 0 saturated carbocycles. The Kier molecular flexibility index (Phi) is 3.48. The summed E-state index contributed by atoms with van der Waals surface area (Å²) in [5, 5.41) is 8.34. The molecule has 0 rings (SSSR count). The molecule has 0 aliphatic heterocycles. The highest BCUT2D eigenvalue weighted by Gasteiger charge is 2.08. The van der Waals surface area contributed by atoms with Crippen LogP contribution in [0.5, 0.6) is 0 Å². The number of nitrogens with zero attached hydrogens (tertiary/aromatic N) is 2. The lowest BCUT2D eigenvalue weighted by molar-refractivity contribution is -0.129. The van der Waals surface area contributed by atoms with Crippen LogP contribution >= 0.6 is 0 Å². The van der Waals surface area contributed by atoms with Crippen LogP contribution in [0.1, 0.15) is 13.3 Å². The van der Waals surface area contributed by atoms with Crippen molar-refractivity contribution in [2.75, 3.05) is 14.1 Å². The van der Waals surface area contributed by atoms with Gasteiger partial charge in [0.05, 0.1) is 12.0 Å². The molecule has 0 aromatic rings. The van der Waals surface area contributed by atoms with Gasteiger partial charge in [-0.05, 0) is 6.92 Å². The van der Waals surface area contributed by atoms with E-state index in [0.717, 1.165) is 0 Å². The van der Waals surface area contributed by atoms with Crippen LogP contribution in [0.3, 0.4) is 0 Å². The Labute approximate surface area is 61.2 Å². The van der Waals surface area contributed by atoms with Crippen LogP contribution in [0.15, 0.2) is 0 Å². The normalized spacial score (nSPS) is 11.8. The fourth-order valence-corrected chi connectivity index (χ4v) is 0.490. The zero-order chi connectivity index (χ0) is 8.15. The molecule has 3 heteroatoms. The molecule has 1 amide bonds. The van der Waals surface area contributed by atoms with Crippen LogP contribution in [0.2, 0.25) is 0 Å². The van der Waals surface area contributed by atoms with Crippen LogP contribution in [0, 0.1) is 17.2 Å². The van der Waals surface area contributed by atoms with Gasteiger partial charge in [0.1, 0.15) is 0 Å². The molecule has 0 N–H and O–H groups in total. The van der Waals surface area contributed by atoms with E-state index in [1.54, 1.807) is 21.0 Å². The predicted molar refractivity (Wildman–Crippen MR) is 38.1 cm³/mol. The van der Waals surface area contributed by atoms with E-state index in [0.29, 0.717) is 6.42 Å². The van der Waals surface area contributed by atoms with Gasteiger partial charge in [0.25, 0.3) is 0 Å². The zero-order valence-corrected chi connectivity index (χ0v) is 6.59. The van der Waals surface area contributed by atoms with Crippen molar-refractivity contribution in [1.82, 2.24) is 4.90 Å². The van der Waals surface area contributed by atoms with Crippen LogP contribution in [-0.4, -0.2) is 24.9 Å². The zero-order valence-electron chi connectivity index (χ0n) is 6.59. The number of hydrogen-bond acceptors (Lipinski definition) is 2. The molecule has 56 valence electrons. The third-order valence-electron chi connectivity index (χ3n) is 1.20. The van der Waals surface area contributed by atoms with Crippen molar-refractivity contribution in [3.63, 3.8) is 0 Å². The van der Waals surface area contributed by atoms with E-state index in [-0.39, 0.29) is 11.8 Å². The monoisotopic (exact) mass is 140 g/mol. The van der Waals surface area contributed by atoms with Gasteiger partial charge < -0.3 is 4.90 Å². The number of nitriles is 1. The average molecular weight is 140 g/mol. The fourth-order valence-electron chi connectivity index (χ4n) is 0.490. The van der Waals surface area contributed by atoms with Crippen LogP contribution < -0.4 is 0 Å². The van der Waals surface area contributed by atoms with Gasteiger partial charge in [-0.1, -0.05) is 0 Å². The maximum atomic E-state index is 10.9. The van der Waals surface area contributed by atoms with E-state index in [2.05, 4.69) is 0 Å². The first-order chi connectivity index (χ1) is 4.57. The second-order valence-corrected chi connectivity index (χ2v) is 2.52. The Morgan fingerprint density at radius 3 is 2.50 bits per heavy atom. The van der Waals surface area contributed by atoms with E-state index in [1.165, 1.54) is 4.90 Å². The molecule has 0 bridgehead atoms. The largest absolute Gasteiger partial charge is 0.349 e. The summed E-state index contributed by atoms with van der Waals surface area (Å²) < 4.78 is 0. The molecule has 1 atom stereocenters. The number of rotatable bonds is 2. The van der Waals surface area contributed by atoms with E-state index >= 15 is 0 Å². The molecule has 10 heavy (non-hydrogen) atoms. The second-order valence-electron chi connectivity index (χ2n) is 2.52. The highest BCUT2D eigenvalue weighted by atomic mass is 16.2. The minimum Gasteiger partial charge on any atom is -0.349 e. The van der Waals surface area contributed by atoms with Gasteiger partial charge in [-0.2, -0.15) is 5.26 Å². The quantitative estimate of drug-likeness (QED) is 0.564. The van der Waals surface area contributed by atoms with Gasteiger partial charge >= 0.3 is 0 Å². The summed E-state index contributed by atoms with van der Waals surface area (Å²) in [7, 11) is 3.37. The average Bonchev–Trinajstić information content (AvgIpc) is 1.87. The molecule has 0 aromatic carbocycles. The lowest BCUT2D eigenvalue weighted by Gasteiger charge is -2.09. The van der Waals surface area contributed by atoms with Crippen LogP contribution in [0.4, 0.5) is 0 Å². The topological polar surface area (TPSA) is 44.1 Å². The van der Waals surface area contributed by atoms with Crippen molar-refractivity contribution in [2.24, 2.45) is 5.92 Å². The number of hydrogen-bond donors (Lipinski definition) is 0. The van der Waals surface area contributed by atoms with E-state index in [4.69, 9.17) is 5.26 Å². The van der Waals surface area contributed by atoms with Gasteiger partial charge in [0, 0.05) is 20.5 Å². The smallest absolute Gasteiger partial charge is 0.223 e. The van der Waals surface area contributed by atoms with Gasteiger partial charge in [0.2, 0.25) is 5.91 Å². The first-order valence-electron chi connectivity index (χ1n) is 3.17. The molecule has 3 nitrogen and oxygen atoms in total. The molecular weight excluding hydrogens is 128 g/mol. The molecular formula is C7H12N2O. The van der Waals surface area contributed by atoms with E-state index < -0.39 is 0 Å². The number of amides is 1. The predicted octanol–water partition coefficient (Wildman–Crippen LogP) is 0.624. The Morgan fingerprint density at radius 2 is 2.20 bits per heavy atom. The summed E-state index contributed by atoms with van der Waals surface area (Å²) in [5.74, 6) is -0.163. The summed E-state index contributed by atoms with van der Waals surface area (Å²) in [5.41, 5.74) is 0. The molecule has 0 radical (unpaired) electrons. The maximum absolute atomic E-state index is 10.9. The minimum absolute atomic E-state index is 0.00838. The molecule has 0 aromatic heterocycles. The SMILES string of the molecule is CC(C#N)CC(=O)N(C)C. The summed E-state index contributed by atoms with van der Waals surface area (Å²) in [4.78, 5) is 12.4. The fraction of sp³-hybridized carbons (Fsp3) is 0.714. The Bertz CT molecular complexity index is 157. The highest BCUT2D eigenvalue weighted by Crippen LogP contribution is 2.00. The van der Waals surface area contributed by atoms with Crippen molar-refractivity contribution >= 4 is 5.91 Å². The van der Waals surface area contributed by atoms with E-state index in [1.807, 2.05) is 6.07 Å². The lowest BCUT2D eigenvalue weighted by atomic mass is 10.1. The van der Waals surface area contributed by atoms with Crippen LogP contribution in [0.25, 0.3) is 0 Å². The standard InChI is InChI=1S/C7H12N2O/c1-6(5-8)4-7(10)9(2)3/h6H,4H2,1-3H3. The first kappa shape index (κ1) is 8.96. The highest BCUT2D eigenvalue weighted by molar-refractivity contribution is 5.76. The van der Waals surface area contributed by atoms with Crippen molar-refractivity contribution in [3.8, 4) is 6.07 Å². The van der Waals surface area contributed by atoms with Crippen molar-refractivity contribution < 1.29 is 4.79 Å². The summed E-state index contributed by atoms with van der Waals surface area (Å²) >= 11 is 0. The minimum atomic E-state index is -0.171. The van der Waals surface area contributed by atoms with Crippen molar-refractivity contribution in [2.45, 2.75) is 13.3 Å². The molecule has 0 aliphatic rings. The molecule has 0 spiro atoms. The lowest BCUT2D eigenvalue weighted by Crippen LogP contribution is -2.23. The Balaban J connectivity index is 3.71. The van der Waals surface area contributed by atoms with E-state index in [9.17, 15) is 4.79 Å². The second kappa shape index (κ2) is 3.89. The molecule has 0 heterocycles. The first-order valence-corrected chi connectivity index (χ1v) is 3.17. The molecule has 0 saturated heterocycles. The van der Waals surface area contributed by atoms with Gasteiger partial charge in [-0.3, -0.25) is 4.79 Å². The number of carbonyl (C=O) groups is 1. The third-order valence-corrected chi connectivity index (χ3v) is 1.20. The molecule has 0 fully saturated rings. The van der Waals surface area contributed by atoms with Crippen molar-refractivity contribution in [1.29, 1.82) is 5.26 Å². The summed E-state index contributed by atoms with van der Waals surface area (Å²) in [6.07, 6.45) is 0.323. The summed E-state index contributed by atoms with van der Waals surface area (Å²) in [6.45, 7) is 1.74. The summed E-state index contributed by atoms with van der Waals surface area (Å²) in [6, 6.07) is 2.00. The Morgan fingerprint density at radius 1 is 1.70 bits per heavy atom. The van der Waals surface area contributed by atoms with Gasteiger partial charge in [-0.15, -0.1) is 0 Å².